The molecule has 0 saturated heterocycles. The molecule has 0 aliphatic rings. The highest BCUT2D eigenvalue weighted by Crippen LogP contribution is 2.40. The van der Waals surface area contributed by atoms with Crippen LogP contribution in [0.2, 0.25) is 0 Å². The molecule has 0 aliphatic heterocycles. The van der Waals surface area contributed by atoms with Crippen LogP contribution in [-0.2, 0) is 13.9 Å². The molecule has 144 valence electrons. The molecule has 0 aliphatic carbocycles. The molecule has 0 amide bonds. The average molecular weight is 389 g/mol. The maximum atomic E-state index is 11.0. The summed E-state index contributed by atoms with van der Waals surface area (Å²) < 4.78 is 22.0. The van der Waals surface area contributed by atoms with Crippen LogP contribution in [0.1, 0.15) is 57.8 Å². The largest absolute Gasteiger partial charge is 0.481 e. The van der Waals surface area contributed by atoms with Gasteiger partial charge in [0, 0.05) is 6.42 Å². The summed E-state index contributed by atoms with van der Waals surface area (Å²) in [6.07, 6.45) is 5.82. The highest BCUT2D eigenvalue weighted by atomic mass is 31.2. The summed E-state index contributed by atoms with van der Waals surface area (Å²) in [7, 11) is -8.70. The minimum absolute atomic E-state index is 0.203. The minimum Gasteiger partial charge on any atom is -0.481 e. The van der Waals surface area contributed by atoms with E-state index >= 15 is 0 Å². The second kappa shape index (κ2) is 12.1. The Kier molecular flexibility index (Phi) is 12.0. The van der Waals surface area contributed by atoms with E-state index in [1.54, 1.807) is 0 Å². The van der Waals surface area contributed by atoms with Crippen molar-refractivity contribution in [1.82, 2.24) is 4.90 Å². The SMILES string of the molecule is O=C(O)CCCCCCCCCCN(CP(=O)(O)O)CP(=O)(O)O. The Hall–Kier alpha value is -0.270. The second-order valence-electron chi connectivity index (χ2n) is 5.98. The highest BCUT2D eigenvalue weighted by molar-refractivity contribution is 7.52. The third-order valence-electron chi connectivity index (χ3n) is 3.38. The predicted octanol–water partition coefficient (Wildman–Crippen LogP) is 2.15. The molecule has 0 bridgehead atoms. The van der Waals surface area contributed by atoms with Crippen LogP contribution in [-0.4, -0.2) is 54.7 Å². The smallest absolute Gasteiger partial charge is 0.339 e. The van der Waals surface area contributed by atoms with E-state index in [9.17, 15) is 13.9 Å². The molecule has 0 heterocycles. The first kappa shape index (κ1) is 23.7. The van der Waals surface area contributed by atoms with Gasteiger partial charge in [0.25, 0.3) is 0 Å². The van der Waals surface area contributed by atoms with Crippen LogP contribution < -0.4 is 0 Å². The van der Waals surface area contributed by atoms with Gasteiger partial charge >= 0.3 is 21.2 Å². The molecule has 0 aromatic rings. The summed E-state index contributed by atoms with van der Waals surface area (Å²) in [6.45, 7) is 0.231. The summed E-state index contributed by atoms with van der Waals surface area (Å²) >= 11 is 0. The fourth-order valence-corrected chi connectivity index (χ4v) is 4.06. The van der Waals surface area contributed by atoms with Gasteiger partial charge in [-0.1, -0.05) is 38.5 Å². The van der Waals surface area contributed by atoms with Crippen molar-refractivity contribution in [3.05, 3.63) is 0 Å². The molecule has 5 N–H and O–H groups in total. The van der Waals surface area contributed by atoms with Gasteiger partial charge in [-0.05, 0) is 19.4 Å². The van der Waals surface area contributed by atoms with E-state index in [1.807, 2.05) is 0 Å². The summed E-state index contributed by atoms with van der Waals surface area (Å²) in [5.41, 5.74) is 0. The van der Waals surface area contributed by atoms with Crippen molar-refractivity contribution in [1.29, 1.82) is 0 Å². The summed E-state index contributed by atoms with van der Waals surface area (Å²) in [6, 6.07) is 0. The zero-order valence-corrected chi connectivity index (χ0v) is 15.6. The number of carboxylic acids is 1. The molecular formula is C13H29NO8P2. The molecule has 0 rings (SSSR count). The van der Waals surface area contributed by atoms with Crippen LogP contribution in [0.5, 0.6) is 0 Å². The van der Waals surface area contributed by atoms with E-state index in [4.69, 9.17) is 24.7 Å². The normalized spacial score (nSPS) is 12.7. The lowest BCUT2D eigenvalue weighted by Gasteiger charge is -2.22. The van der Waals surface area contributed by atoms with Gasteiger partial charge in [0.1, 0.15) is 12.6 Å². The Morgan fingerprint density at radius 3 is 1.46 bits per heavy atom. The van der Waals surface area contributed by atoms with Crippen LogP contribution in [0.15, 0.2) is 0 Å². The van der Waals surface area contributed by atoms with E-state index in [1.165, 1.54) is 0 Å². The fourth-order valence-electron chi connectivity index (χ4n) is 2.38. The van der Waals surface area contributed by atoms with Crippen LogP contribution in [0.3, 0.4) is 0 Å². The van der Waals surface area contributed by atoms with Crippen molar-refractivity contribution in [2.75, 3.05) is 19.1 Å². The predicted molar refractivity (Wildman–Crippen MR) is 89.7 cm³/mol. The van der Waals surface area contributed by atoms with Crippen molar-refractivity contribution < 1.29 is 38.6 Å². The van der Waals surface area contributed by atoms with Crippen molar-refractivity contribution in [3.63, 3.8) is 0 Å². The first-order chi connectivity index (χ1) is 11.0. The summed E-state index contributed by atoms with van der Waals surface area (Å²) in [4.78, 5) is 47.2. The Morgan fingerprint density at radius 1 is 0.708 bits per heavy atom. The average Bonchev–Trinajstić information content (AvgIpc) is 2.36. The zero-order valence-electron chi connectivity index (χ0n) is 13.8. The highest BCUT2D eigenvalue weighted by Gasteiger charge is 2.25. The molecule has 0 aromatic heterocycles. The van der Waals surface area contributed by atoms with Crippen LogP contribution in [0, 0.1) is 0 Å². The lowest BCUT2D eigenvalue weighted by Crippen LogP contribution is -2.27. The Balaban J connectivity index is 3.78. The standard InChI is InChI=1S/C13H29NO8P2/c15-13(16)9-7-5-3-1-2-4-6-8-10-14(11-23(17,18)19)12-24(20,21)22/h1-12H2,(H,15,16)(H2,17,18,19)(H2,20,21,22). The van der Waals surface area contributed by atoms with Gasteiger partial charge in [-0.25, -0.2) is 0 Å². The Labute approximate surface area is 142 Å². The third kappa shape index (κ3) is 18.1. The van der Waals surface area contributed by atoms with Gasteiger partial charge in [0.05, 0.1) is 0 Å². The lowest BCUT2D eigenvalue weighted by molar-refractivity contribution is -0.137. The molecule has 24 heavy (non-hydrogen) atoms. The number of hydrogen-bond donors (Lipinski definition) is 5. The molecule has 0 atom stereocenters. The van der Waals surface area contributed by atoms with Gasteiger partial charge in [0.2, 0.25) is 0 Å². The Bertz CT molecular complexity index is 423. The fraction of sp³-hybridized carbons (Fsp3) is 0.923. The molecule has 0 saturated carbocycles. The molecule has 0 spiro atoms. The van der Waals surface area contributed by atoms with Crippen molar-refractivity contribution in [3.8, 4) is 0 Å². The maximum absolute atomic E-state index is 11.0. The van der Waals surface area contributed by atoms with E-state index < -0.39 is 33.7 Å². The zero-order chi connectivity index (χ0) is 18.6. The van der Waals surface area contributed by atoms with E-state index in [0.29, 0.717) is 12.8 Å². The van der Waals surface area contributed by atoms with Gasteiger partial charge in [0.15, 0.2) is 0 Å². The van der Waals surface area contributed by atoms with Gasteiger partial charge in [-0.2, -0.15) is 0 Å². The first-order valence-electron chi connectivity index (χ1n) is 8.03. The van der Waals surface area contributed by atoms with E-state index in [-0.39, 0.29) is 13.0 Å². The second-order valence-corrected chi connectivity index (χ2v) is 9.20. The van der Waals surface area contributed by atoms with Crippen LogP contribution in [0.4, 0.5) is 0 Å². The Morgan fingerprint density at radius 2 is 1.08 bits per heavy atom. The van der Waals surface area contributed by atoms with Gasteiger partial charge < -0.3 is 24.7 Å². The third-order valence-corrected chi connectivity index (χ3v) is 4.92. The van der Waals surface area contributed by atoms with Crippen LogP contribution >= 0.6 is 15.2 Å². The number of carboxylic acid groups (broad SMARTS) is 1. The number of aliphatic carboxylic acids is 1. The number of rotatable bonds is 15. The number of unbranched alkanes of at least 4 members (excludes halogenated alkanes) is 7. The van der Waals surface area contributed by atoms with Gasteiger partial charge in [-0.15, -0.1) is 0 Å². The quantitative estimate of drug-likeness (QED) is 0.209. The number of carbonyl (C=O) groups is 1. The molecule has 0 fully saturated rings. The molecule has 0 radical (unpaired) electrons. The van der Waals surface area contributed by atoms with E-state index in [0.717, 1.165) is 43.4 Å². The molecule has 0 aromatic carbocycles. The molecule has 9 nitrogen and oxygen atoms in total. The molecule has 0 unspecified atom stereocenters. The number of nitrogens with zero attached hydrogens (tertiary/aromatic N) is 1. The number of hydrogen-bond acceptors (Lipinski definition) is 4. The maximum Gasteiger partial charge on any atom is 0.339 e. The van der Waals surface area contributed by atoms with Crippen molar-refractivity contribution >= 4 is 21.2 Å². The molecular weight excluding hydrogens is 360 g/mol. The topological polar surface area (TPSA) is 156 Å². The summed E-state index contributed by atoms with van der Waals surface area (Å²) in [5.74, 6) is -0.773. The van der Waals surface area contributed by atoms with Crippen molar-refractivity contribution in [2.45, 2.75) is 57.8 Å². The monoisotopic (exact) mass is 389 g/mol. The first-order valence-corrected chi connectivity index (χ1v) is 11.6. The minimum atomic E-state index is -4.35. The summed E-state index contributed by atoms with van der Waals surface area (Å²) in [5, 5.41) is 8.50. The lowest BCUT2D eigenvalue weighted by atomic mass is 10.1. The molecule has 11 heteroatoms. The van der Waals surface area contributed by atoms with Crippen LogP contribution in [0.25, 0.3) is 0 Å². The van der Waals surface area contributed by atoms with E-state index in [2.05, 4.69) is 0 Å². The van der Waals surface area contributed by atoms with Crippen molar-refractivity contribution in [2.24, 2.45) is 0 Å². The van der Waals surface area contributed by atoms with Gasteiger partial charge in [-0.3, -0.25) is 18.8 Å².